The Labute approximate surface area is 177 Å². The maximum Gasteiger partial charge on any atom is 0.190 e. The number of hydrogen-bond donors (Lipinski definition) is 3. The number of rotatable bonds is 7. The van der Waals surface area contributed by atoms with Crippen LogP contribution in [0.3, 0.4) is 0 Å². The van der Waals surface area contributed by atoms with Gasteiger partial charge in [-0.05, 0) is 54.8 Å². The third kappa shape index (κ3) is 5.40. The molecule has 2 aromatic heterocycles. The van der Waals surface area contributed by atoms with Crippen molar-refractivity contribution in [3.05, 3.63) is 58.4 Å². The standard InChI is InChI=1S/C23H31N5S/c1-24-23(25-11-10-19-15-26-22-9-3-2-8-21(19)22)27-14-18-6-4-12-28(16-18)17-20-7-5-13-29-20/h2-3,5,7-9,13,15,18,26H,4,6,10-12,14,16-17H2,1H3,(H2,24,25,27). The Balaban J connectivity index is 1.21. The third-order valence-corrected chi connectivity index (χ3v) is 6.57. The number of para-hydroxylation sites is 1. The molecule has 1 aromatic carbocycles. The number of benzene rings is 1. The van der Waals surface area contributed by atoms with Crippen LogP contribution in [-0.2, 0) is 13.0 Å². The van der Waals surface area contributed by atoms with E-state index < -0.39 is 0 Å². The molecule has 1 unspecified atom stereocenters. The molecule has 29 heavy (non-hydrogen) atoms. The molecule has 0 bridgehead atoms. The van der Waals surface area contributed by atoms with E-state index in [0.717, 1.165) is 38.6 Å². The molecule has 0 amide bonds. The van der Waals surface area contributed by atoms with Gasteiger partial charge in [0.05, 0.1) is 0 Å². The number of piperidine rings is 1. The molecular weight excluding hydrogens is 378 g/mol. The Morgan fingerprint density at radius 3 is 3.03 bits per heavy atom. The van der Waals surface area contributed by atoms with Crippen LogP contribution < -0.4 is 10.6 Å². The zero-order valence-electron chi connectivity index (χ0n) is 17.2. The highest BCUT2D eigenvalue weighted by Gasteiger charge is 2.20. The molecule has 0 spiro atoms. The monoisotopic (exact) mass is 409 g/mol. The number of guanidine groups is 1. The van der Waals surface area contributed by atoms with Gasteiger partial charge in [-0.15, -0.1) is 11.3 Å². The van der Waals surface area contributed by atoms with Gasteiger partial charge in [0.2, 0.25) is 0 Å². The average molecular weight is 410 g/mol. The van der Waals surface area contributed by atoms with Gasteiger partial charge in [-0.1, -0.05) is 24.3 Å². The molecule has 4 rings (SSSR count). The summed E-state index contributed by atoms with van der Waals surface area (Å²) in [6.07, 6.45) is 5.67. The lowest BCUT2D eigenvalue weighted by Gasteiger charge is -2.32. The van der Waals surface area contributed by atoms with E-state index in [1.54, 1.807) is 0 Å². The predicted molar refractivity (Wildman–Crippen MR) is 124 cm³/mol. The van der Waals surface area contributed by atoms with Crippen molar-refractivity contribution >= 4 is 28.2 Å². The minimum atomic E-state index is 0.677. The first-order valence-corrected chi connectivity index (χ1v) is 11.4. The molecule has 1 atom stereocenters. The van der Waals surface area contributed by atoms with E-state index in [4.69, 9.17) is 0 Å². The highest BCUT2D eigenvalue weighted by molar-refractivity contribution is 7.09. The number of likely N-dealkylation sites (tertiary alicyclic amines) is 1. The molecule has 0 radical (unpaired) electrons. The van der Waals surface area contributed by atoms with Gasteiger partial charge in [-0.2, -0.15) is 0 Å². The zero-order valence-corrected chi connectivity index (χ0v) is 18.0. The first-order valence-electron chi connectivity index (χ1n) is 10.6. The lowest BCUT2D eigenvalue weighted by atomic mass is 9.98. The second-order valence-electron chi connectivity index (χ2n) is 7.81. The number of fused-ring (bicyclic) bond motifs is 1. The molecule has 1 aliphatic rings. The summed E-state index contributed by atoms with van der Waals surface area (Å²) in [6.45, 7) is 5.32. The Morgan fingerprint density at radius 2 is 2.17 bits per heavy atom. The van der Waals surface area contributed by atoms with Gasteiger partial charge in [-0.25, -0.2) is 0 Å². The van der Waals surface area contributed by atoms with Gasteiger partial charge in [0, 0.05) is 55.2 Å². The summed E-state index contributed by atoms with van der Waals surface area (Å²) in [4.78, 5) is 11.8. The number of nitrogens with one attached hydrogen (secondary N) is 3. The number of thiophene rings is 1. The molecule has 154 valence electrons. The average Bonchev–Trinajstić information content (AvgIpc) is 3.41. The topological polar surface area (TPSA) is 55.5 Å². The van der Waals surface area contributed by atoms with Crippen LogP contribution >= 0.6 is 11.3 Å². The van der Waals surface area contributed by atoms with Crippen LogP contribution in [0.25, 0.3) is 10.9 Å². The van der Waals surface area contributed by atoms with Gasteiger partial charge in [0.25, 0.3) is 0 Å². The second kappa shape index (κ2) is 9.94. The number of aromatic amines is 1. The Bertz CT molecular complexity index is 914. The first kappa shape index (κ1) is 20.0. The second-order valence-corrected chi connectivity index (χ2v) is 8.84. The van der Waals surface area contributed by atoms with Crippen LogP contribution in [0.2, 0.25) is 0 Å². The summed E-state index contributed by atoms with van der Waals surface area (Å²) >= 11 is 1.86. The van der Waals surface area contributed by atoms with E-state index in [0.29, 0.717) is 5.92 Å². The van der Waals surface area contributed by atoms with Crippen molar-refractivity contribution in [2.45, 2.75) is 25.8 Å². The fraction of sp³-hybridized carbons (Fsp3) is 0.435. The van der Waals surface area contributed by atoms with E-state index in [9.17, 15) is 0 Å². The fourth-order valence-corrected chi connectivity index (χ4v) is 4.95. The van der Waals surface area contributed by atoms with Crippen molar-refractivity contribution in [1.82, 2.24) is 20.5 Å². The van der Waals surface area contributed by atoms with Crippen LogP contribution in [0.15, 0.2) is 53.0 Å². The van der Waals surface area contributed by atoms with Crippen molar-refractivity contribution in [3.8, 4) is 0 Å². The molecule has 0 aliphatic carbocycles. The van der Waals surface area contributed by atoms with Crippen molar-refractivity contribution < 1.29 is 0 Å². The number of aromatic nitrogens is 1. The van der Waals surface area contributed by atoms with Crippen LogP contribution in [0.5, 0.6) is 0 Å². The van der Waals surface area contributed by atoms with Crippen LogP contribution in [0.4, 0.5) is 0 Å². The SMILES string of the molecule is CN=C(NCCc1c[nH]c2ccccc12)NCC1CCCN(Cc2cccs2)C1. The maximum absolute atomic E-state index is 4.41. The molecule has 3 N–H and O–H groups in total. The van der Waals surface area contributed by atoms with E-state index in [1.165, 1.54) is 40.7 Å². The summed E-state index contributed by atoms with van der Waals surface area (Å²) in [5.74, 6) is 1.58. The van der Waals surface area contributed by atoms with E-state index >= 15 is 0 Å². The van der Waals surface area contributed by atoms with Crippen molar-refractivity contribution in [2.24, 2.45) is 10.9 Å². The largest absolute Gasteiger partial charge is 0.361 e. The molecule has 1 fully saturated rings. The van der Waals surface area contributed by atoms with Crippen molar-refractivity contribution in [1.29, 1.82) is 0 Å². The van der Waals surface area contributed by atoms with Gasteiger partial charge in [-0.3, -0.25) is 9.89 Å². The molecule has 1 saturated heterocycles. The smallest absolute Gasteiger partial charge is 0.190 e. The summed E-state index contributed by atoms with van der Waals surface area (Å²) in [5, 5.41) is 10.5. The minimum Gasteiger partial charge on any atom is -0.361 e. The molecule has 1 aliphatic heterocycles. The lowest BCUT2D eigenvalue weighted by Crippen LogP contribution is -2.44. The molecule has 3 aromatic rings. The quantitative estimate of drug-likeness (QED) is 0.410. The van der Waals surface area contributed by atoms with E-state index in [1.807, 2.05) is 18.4 Å². The van der Waals surface area contributed by atoms with Gasteiger partial charge >= 0.3 is 0 Å². The lowest BCUT2D eigenvalue weighted by molar-refractivity contribution is 0.169. The van der Waals surface area contributed by atoms with Crippen LogP contribution in [-0.4, -0.2) is 49.1 Å². The molecule has 6 heteroatoms. The molecule has 3 heterocycles. The van der Waals surface area contributed by atoms with Crippen molar-refractivity contribution in [2.75, 3.05) is 33.2 Å². The number of H-pyrrole nitrogens is 1. The van der Waals surface area contributed by atoms with Crippen LogP contribution in [0, 0.1) is 5.92 Å². The van der Waals surface area contributed by atoms with Gasteiger partial charge in [0.1, 0.15) is 0 Å². The first-order chi connectivity index (χ1) is 14.3. The van der Waals surface area contributed by atoms with Crippen LogP contribution in [0.1, 0.15) is 23.3 Å². The Hall–Kier alpha value is -2.31. The minimum absolute atomic E-state index is 0.677. The van der Waals surface area contributed by atoms with Gasteiger partial charge < -0.3 is 15.6 Å². The molecule has 5 nitrogen and oxygen atoms in total. The Kier molecular flexibility index (Phi) is 6.85. The maximum atomic E-state index is 4.41. The fourth-order valence-electron chi connectivity index (χ4n) is 4.20. The summed E-state index contributed by atoms with van der Waals surface area (Å²) < 4.78 is 0. The highest BCUT2D eigenvalue weighted by atomic mass is 32.1. The predicted octanol–water partition coefficient (Wildman–Crippen LogP) is 3.85. The number of nitrogens with zero attached hydrogens (tertiary/aromatic N) is 2. The third-order valence-electron chi connectivity index (χ3n) is 5.71. The van der Waals surface area contributed by atoms with Gasteiger partial charge in [0.15, 0.2) is 5.96 Å². The normalized spacial score (nSPS) is 18.2. The zero-order chi connectivity index (χ0) is 19.9. The molecular formula is C23H31N5S. The number of hydrogen-bond acceptors (Lipinski definition) is 3. The number of aliphatic imine (C=N–C) groups is 1. The Morgan fingerprint density at radius 1 is 1.24 bits per heavy atom. The van der Waals surface area contributed by atoms with E-state index in [2.05, 4.69) is 73.5 Å². The van der Waals surface area contributed by atoms with E-state index in [-0.39, 0.29) is 0 Å². The summed E-state index contributed by atoms with van der Waals surface area (Å²) in [7, 11) is 1.85. The highest BCUT2D eigenvalue weighted by Crippen LogP contribution is 2.20. The summed E-state index contributed by atoms with van der Waals surface area (Å²) in [6, 6.07) is 12.9. The van der Waals surface area contributed by atoms with Crippen molar-refractivity contribution in [3.63, 3.8) is 0 Å². The molecule has 0 saturated carbocycles. The summed E-state index contributed by atoms with van der Waals surface area (Å²) in [5.41, 5.74) is 2.55.